The van der Waals surface area contributed by atoms with Gasteiger partial charge in [0.15, 0.2) is 0 Å². The van der Waals surface area contributed by atoms with Crippen LogP contribution < -0.4 is 9.47 Å². The number of nitrogens with zero attached hydrogens (tertiary/aromatic N) is 2. The summed E-state index contributed by atoms with van der Waals surface area (Å²) in [7, 11) is 0. The van der Waals surface area contributed by atoms with Gasteiger partial charge in [0.2, 0.25) is 5.88 Å². The number of para-hydroxylation sites is 1. The standard InChI is InChI=1S/C18H16N2O3/c1-13(21)23-15-6-4-5-14(11-15)9-10-22-18-16-7-2-3-8-17(16)19-12-20-18/h2-8,11-12H,9-10H2,1H3. The Morgan fingerprint density at radius 1 is 1.09 bits per heavy atom. The number of hydrogen-bond donors (Lipinski definition) is 0. The fourth-order valence-corrected chi connectivity index (χ4v) is 2.29. The fourth-order valence-electron chi connectivity index (χ4n) is 2.29. The SMILES string of the molecule is CC(=O)Oc1cccc(CCOc2ncnc3ccccc23)c1. The molecule has 0 spiro atoms. The average molecular weight is 308 g/mol. The van der Waals surface area contributed by atoms with Gasteiger partial charge in [-0.25, -0.2) is 9.97 Å². The predicted octanol–water partition coefficient (Wildman–Crippen LogP) is 3.18. The van der Waals surface area contributed by atoms with Crippen molar-refractivity contribution in [3.63, 3.8) is 0 Å². The first-order chi connectivity index (χ1) is 11.2. The molecule has 116 valence electrons. The largest absolute Gasteiger partial charge is 0.477 e. The van der Waals surface area contributed by atoms with Crippen molar-refractivity contribution in [1.82, 2.24) is 9.97 Å². The minimum Gasteiger partial charge on any atom is -0.477 e. The van der Waals surface area contributed by atoms with E-state index >= 15 is 0 Å². The minimum absolute atomic E-state index is 0.328. The van der Waals surface area contributed by atoms with Crippen molar-refractivity contribution < 1.29 is 14.3 Å². The summed E-state index contributed by atoms with van der Waals surface area (Å²) in [5, 5.41) is 0.892. The Morgan fingerprint density at radius 2 is 1.96 bits per heavy atom. The molecule has 0 saturated heterocycles. The van der Waals surface area contributed by atoms with E-state index in [0.29, 0.717) is 24.7 Å². The summed E-state index contributed by atoms with van der Waals surface area (Å²) in [5.74, 6) is 0.792. The first-order valence-corrected chi connectivity index (χ1v) is 7.32. The summed E-state index contributed by atoms with van der Waals surface area (Å²) in [6, 6.07) is 15.1. The van der Waals surface area contributed by atoms with Crippen molar-refractivity contribution in [3.8, 4) is 11.6 Å². The van der Waals surface area contributed by atoms with Crippen LogP contribution in [-0.2, 0) is 11.2 Å². The molecule has 0 N–H and O–H groups in total. The topological polar surface area (TPSA) is 61.3 Å². The summed E-state index contributed by atoms with van der Waals surface area (Å²) >= 11 is 0. The highest BCUT2D eigenvalue weighted by molar-refractivity contribution is 5.82. The van der Waals surface area contributed by atoms with Crippen LogP contribution in [0.4, 0.5) is 0 Å². The number of fused-ring (bicyclic) bond motifs is 1. The first-order valence-electron chi connectivity index (χ1n) is 7.32. The molecule has 23 heavy (non-hydrogen) atoms. The summed E-state index contributed by atoms with van der Waals surface area (Å²) in [6.07, 6.45) is 2.19. The summed E-state index contributed by atoms with van der Waals surface area (Å²) in [5.41, 5.74) is 1.89. The van der Waals surface area contributed by atoms with Crippen molar-refractivity contribution in [3.05, 3.63) is 60.4 Å². The molecule has 0 saturated carbocycles. The van der Waals surface area contributed by atoms with E-state index in [4.69, 9.17) is 9.47 Å². The van der Waals surface area contributed by atoms with Gasteiger partial charge in [0.05, 0.1) is 17.5 Å². The minimum atomic E-state index is -0.328. The van der Waals surface area contributed by atoms with E-state index in [2.05, 4.69) is 9.97 Å². The van der Waals surface area contributed by atoms with Gasteiger partial charge in [-0.3, -0.25) is 4.79 Å². The molecule has 0 atom stereocenters. The number of carbonyl (C=O) groups is 1. The molecule has 0 aliphatic carbocycles. The lowest BCUT2D eigenvalue weighted by Gasteiger charge is -2.08. The van der Waals surface area contributed by atoms with Gasteiger partial charge in [0.25, 0.3) is 0 Å². The highest BCUT2D eigenvalue weighted by atomic mass is 16.5. The van der Waals surface area contributed by atoms with Gasteiger partial charge in [-0.2, -0.15) is 0 Å². The zero-order chi connectivity index (χ0) is 16.1. The Kier molecular flexibility index (Phi) is 4.47. The molecule has 5 heteroatoms. The second-order valence-corrected chi connectivity index (χ2v) is 5.04. The Hall–Kier alpha value is -2.95. The van der Waals surface area contributed by atoms with E-state index in [1.165, 1.54) is 13.3 Å². The van der Waals surface area contributed by atoms with Crippen molar-refractivity contribution in [2.45, 2.75) is 13.3 Å². The zero-order valence-corrected chi connectivity index (χ0v) is 12.7. The molecular weight excluding hydrogens is 292 g/mol. The summed E-state index contributed by atoms with van der Waals surface area (Å²) in [4.78, 5) is 19.4. The van der Waals surface area contributed by atoms with Gasteiger partial charge in [0.1, 0.15) is 12.1 Å². The molecule has 0 bridgehead atoms. The van der Waals surface area contributed by atoms with Gasteiger partial charge < -0.3 is 9.47 Å². The number of aromatic nitrogens is 2. The quantitative estimate of drug-likeness (QED) is 0.535. The van der Waals surface area contributed by atoms with Crippen molar-refractivity contribution in [2.24, 2.45) is 0 Å². The third-order valence-corrected chi connectivity index (χ3v) is 3.30. The number of ether oxygens (including phenoxy) is 2. The monoisotopic (exact) mass is 308 g/mol. The fraction of sp³-hybridized carbons (Fsp3) is 0.167. The maximum Gasteiger partial charge on any atom is 0.308 e. The van der Waals surface area contributed by atoms with Crippen LogP contribution in [0.5, 0.6) is 11.6 Å². The zero-order valence-electron chi connectivity index (χ0n) is 12.7. The molecule has 0 aliphatic rings. The van der Waals surface area contributed by atoms with E-state index < -0.39 is 0 Å². The lowest BCUT2D eigenvalue weighted by atomic mass is 10.1. The smallest absolute Gasteiger partial charge is 0.308 e. The first kappa shape index (κ1) is 15.0. The third kappa shape index (κ3) is 3.83. The Labute approximate surface area is 133 Å². The van der Waals surface area contributed by atoms with Crippen molar-refractivity contribution in [1.29, 1.82) is 0 Å². The van der Waals surface area contributed by atoms with E-state index in [1.54, 1.807) is 6.07 Å². The Morgan fingerprint density at radius 3 is 2.83 bits per heavy atom. The van der Waals surface area contributed by atoms with Crippen LogP contribution >= 0.6 is 0 Å². The van der Waals surface area contributed by atoms with Gasteiger partial charge in [-0.1, -0.05) is 24.3 Å². The lowest BCUT2D eigenvalue weighted by Crippen LogP contribution is -2.05. The van der Waals surface area contributed by atoms with Crippen LogP contribution in [0.15, 0.2) is 54.9 Å². The maximum absolute atomic E-state index is 11.0. The molecule has 3 aromatic rings. The van der Waals surface area contributed by atoms with Crippen molar-refractivity contribution >= 4 is 16.9 Å². The second kappa shape index (κ2) is 6.87. The van der Waals surface area contributed by atoms with Crippen molar-refractivity contribution in [2.75, 3.05) is 6.61 Å². The van der Waals surface area contributed by atoms with Crippen LogP contribution in [0.3, 0.4) is 0 Å². The van der Waals surface area contributed by atoms with E-state index in [9.17, 15) is 4.79 Å². The molecule has 5 nitrogen and oxygen atoms in total. The predicted molar refractivity (Wildman–Crippen MR) is 86.5 cm³/mol. The molecule has 0 aliphatic heterocycles. The molecule has 0 radical (unpaired) electrons. The highest BCUT2D eigenvalue weighted by Crippen LogP contribution is 2.21. The van der Waals surface area contributed by atoms with E-state index in [0.717, 1.165) is 16.5 Å². The molecule has 3 rings (SSSR count). The number of hydrogen-bond acceptors (Lipinski definition) is 5. The Balaban J connectivity index is 1.66. The molecule has 1 aromatic heterocycles. The van der Waals surface area contributed by atoms with Gasteiger partial charge in [-0.05, 0) is 29.8 Å². The van der Waals surface area contributed by atoms with Gasteiger partial charge in [-0.15, -0.1) is 0 Å². The van der Waals surface area contributed by atoms with Crippen LogP contribution in [0, 0.1) is 0 Å². The van der Waals surface area contributed by atoms with E-state index in [-0.39, 0.29) is 5.97 Å². The third-order valence-electron chi connectivity index (χ3n) is 3.30. The van der Waals surface area contributed by atoms with Crippen LogP contribution in [0.25, 0.3) is 10.9 Å². The maximum atomic E-state index is 11.0. The molecular formula is C18H16N2O3. The lowest BCUT2D eigenvalue weighted by molar-refractivity contribution is -0.131. The number of benzene rings is 2. The molecule has 0 amide bonds. The highest BCUT2D eigenvalue weighted by Gasteiger charge is 2.05. The summed E-state index contributed by atoms with van der Waals surface area (Å²) in [6.45, 7) is 1.86. The second-order valence-electron chi connectivity index (χ2n) is 5.04. The van der Waals surface area contributed by atoms with E-state index in [1.807, 2.05) is 42.5 Å². The number of esters is 1. The normalized spacial score (nSPS) is 10.5. The van der Waals surface area contributed by atoms with Crippen LogP contribution in [0.1, 0.15) is 12.5 Å². The number of carbonyl (C=O) groups excluding carboxylic acids is 1. The van der Waals surface area contributed by atoms with Crippen LogP contribution in [-0.4, -0.2) is 22.5 Å². The molecule has 1 heterocycles. The molecule has 2 aromatic carbocycles. The van der Waals surface area contributed by atoms with Gasteiger partial charge >= 0.3 is 5.97 Å². The van der Waals surface area contributed by atoms with Gasteiger partial charge in [0, 0.05) is 13.3 Å². The molecule has 0 fully saturated rings. The number of rotatable bonds is 5. The van der Waals surface area contributed by atoms with Crippen LogP contribution in [0.2, 0.25) is 0 Å². The molecule has 0 unspecified atom stereocenters. The summed E-state index contributed by atoms with van der Waals surface area (Å²) < 4.78 is 10.9. The average Bonchev–Trinajstić information content (AvgIpc) is 2.55. The Bertz CT molecular complexity index is 828.